The Hall–Kier alpha value is -1.06. The molecule has 0 fully saturated rings. The predicted molar refractivity (Wildman–Crippen MR) is 66.8 cm³/mol. The zero-order valence-corrected chi connectivity index (χ0v) is 10.6. The summed E-state index contributed by atoms with van der Waals surface area (Å²) in [5.41, 5.74) is 6.65. The lowest BCUT2D eigenvalue weighted by molar-refractivity contribution is 0.0915. The molecule has 0 atom stereocenters. The summed E-state index contributed by atoms with van der Waals surface area (Å²) < 4.78 is 0. The molecule has 0 saturated carbocycles. The van der Waals surface area contributed by atoms with Gasteiger partial charge in [0.05, 0.1) is 0 Å². The Balaban J connectivity index is 2.85. The second-order valence-corrected chi connectivity index (χ2v) is 4.91. The molecule has 3 N–H and O–H groups in total. The van der Waals surface area contributed by atoms with Gasteiger partial charge in [-0.3, -0.25) is 4.79 Å². The minimum Gasteiger partial charge on any atom is -0.346 e. The van der Waals surface area contributed by atoms with E-state index in [-0.39, 0.29) is 5.91 Å². The van der Waals surface area contributed by atoms with E-state index >= 15 is 0 Å². The van der Waals surface area contributed by atoms with Gasteiger partial charge in [0.1, 0.15) is 0 Å². The molecule has 1 rings (SSSR count). The number of nitrogens with two attached hydrogens (primary N) is 1. The Morgan fingerprint density at radius 2 is 2.12 bits per heavy atom. The summed E-state index contributed by atoms with van der Waals surface area (Å²) in [4.78, 5) is 11.9. The molecular formula is C12H17ClN2O. The van der Waals surface area contributed by atoms with E-state index in [0.717, 1.165) is 5.56 Å². The molecule has 88 valence electrons. The Bertz CT molecular complexity index is 402. The van der Waals surface area contributed by atoms with Crippen molar-refractivity contribution in [1.82, 2.24) is 5.32 Å². The van der Waals surface area contributed by atoms with Gasteiger partial charge in [-0.05, 0) is 38.5 Å². The first kappa shape index (κ1) is 13.0. The normalized spacial score (nSPS) is 11.3. The number of amides is 1. The standard InChI is InChI=1S/C12H17ClN2O/c1-8-4-5-9(6-10(8)13)11(16)15-12(2,3)7-14/h4-6H,7,14H2,1-3H3,(H,15,16). The van der Waals surface area contributed by atoms with Crippen LogP contribution < -0.4 is 11.1 Å². The number of carbonyl (C=O) groups excluding carboxylic acids is 1. The molecule has 16 heavy (non-hydrogen) atoms. The topological polar surface area (TPSA) is 55.1 Å². The highest BCUT2D eigenvalue weighted by Crippen LogP contribution is 2.17. The van der Waals surface area contributed by atoms with Gasteiger partial charge >= 0.3 is 0 Å². The Kier molecular flexibility index (Phi) is 3.94. The van der Waals surface area contributed by atoms with Crippen LogP contribution in [0.1, 0.15) is 29.8 Å². The first-order valence-corrected chi connectivity index (χ1v) is 5.52. The Morgan fingerprint density at radius 3 is 2.62 bits per heavy atom. The maximum atomic E-state index is 11.9. The van der Waals surface area contributed by atoms with Crippen molar-refractivity contribution in [3.63, 3.8) is 0 Å². The quantitative estimate of drug-likeness (QED) is 0.850. The van der Waals surface area contributed by atoms with Crippen LogP contribution in [0, 0.1) is 6.92 Å². The second-order valence-electron chi connectivity index (χ2n) is 4.51. The summed E-state index contributed by atoms with van der Waals surface area (Å²) in [6.45, 7) is 6.04. The van der Waals surface area contributed by atoms with E-state index < -0.39 is 5.54 Å². The van der Waals surface area contributed by atoms with Gasteiger partial charge in [-0.1, -0.05) is 17.7 Å². The van der Waals surface area contributed by atoms with Crippen LogP contribution >= 0.6 is 11.6 Å². The van der Waals surface area contributed by atoms with Crippen molar-refractivity contribution in [2.24, 2.45) is 5.73 Å². The lowest BCUT2D eigenvalue weighted by atomic mass is 10.0. The number of halogens is 1. The summed E-state index contributed by atoms with van der Waals surface area (Å²) in [6, 6.07) is 5.24. The first-order valence-electron chi connectivity index (χ1n) is 5.14. The van der Waals surface area contributed by atoms with Gasteiger partial charge in [0.2, 0.25) is 0 Å². The third-order valence-corrected chi connectivity index (χ3v) is 2.80. The van der Waals surface area contributed by atoms with Crippen LogP contribution in [0.4, 0.5) is 0 Å². The largest absolute Gasteiger partial charge is 0.346 e. The van der Waals surface area contributed by atoms with E-state index in [1.807, 2.05) is 26.8 Å². The van der Waals surface area contributed by atoms with E-state index in [2.05, 4.69) is 5.32 Å². The fourth-order valence-electron chi connectivity index (χ4n) is 1.16. The van der Waals surface area contributed by atoms with Crippen LogP contribution in [0.3, 0.4) is 0 Å². The molecule has 1 amide bonds. The lowest BCUT2D eigenvalue weighted by Gasteiger charge is -2.24. The summed E-state index contributed by atoms with van der Waals surface area (Å²) in [6.07, 6.45) is 0. The maximum Gasteiger partial charge on any atom is 0.251 e. The molecule has 0 aliphatic rings. The van der Waals surface area contributed by atoms with E-state index in [1.54, 1.807) is 12.1 Å². The monoisotopic (exact) mass is 240 g/mol. The number of hydrogen-bond acceptors (Lipinski definition) is 2. The smallest absolute Gasteiger partial charge is 0.251 e. The zero-order chi connectivity index (χ0) is 12.3. The molecular weight excluding hydrogens is 224 g/mol. The summed E-state index contributed by atoms with van der Waals surface area (Å²) in [7, 11) is 0. The molecule has 3 nitrogen and oxygen atoms in total. The zero-order valence-electron chi connectivity index (χ0n) is 9.80. The third-order valence-electron chi connectivity index (χ3n) is 2.40. The van der Waals surface area contributed by atoms with Crippen LogP contribution in [0.15, 0.2) is 18.2 Å². The molecule has 0 unspecified atom stereocenters. The molecule has 1 aromatic rings. The van der Waals surface area contributed by atoms with Crippen molar-refractivity contribution in [2.45, 2.75) is 26.3 Å². The number of aryl methyl sites for hydroxylation is 1. The second kappa shape index (κ2) is 4.85. The van der Waals surface area contributed by atoms with Gasteiger partial charge in [-0.25, -0.2) is 0 Å². The molecule has 0 bridgehead atoms. The van der Waals surface area contributed by atoms with E-state index in [4.69, 9.17) is 17.3 Å². The summed E-state index contributed by atoms with van der Waals surface area (Å²) in [5.74, 6) is -0.155. The van der Waals surface area contributed by atoms with Gasteiger partial charge in [-0.15, -0.1) is 0 Å². The number of hydrogen-bond donors (Lipinski definition) is 2. The number of rotatable bonds is 3. The summed E-state index contributed by atoms with van der Waals surface area (Å²) in [5, 5.41) is 3.44. The molecule has 0 spiro atoms. The van der Waals surface area contributed by atoms with E-state index in [9.17, 15) is 4.79 Å². The summed E-state index contributed by atoms with van der Waals surface area (Å²) >= 11 is 5.96. The Labute approximate surface area is 101 Å². The van der Waals surface area contributed by atoms with Gasteiger partial charge in [0.15, 0.2) is 0 Å². The number of carbonyl (C=O) groups is 1. The molecule has 0 saturated heterocycles. The molecule has 4 heteroatoms. The van der Waals surface area contributed by atoms with Crippen molar-refractivity contribution in [3.05, 3.63) is 34.3 Å². The fourth-order valence-corrected chi connectivity index (χ4v) is 1.35. The molecule has 1 aromatic carbocycles. The van der Waals surface area contributed by atoms with Crippen LogP contribution in [0.25, 0.3) is 0 Å². The van der Waals surface area contributed by atoms with Crippen molar-refractivity contribution in [1.29, 1.82) is 0 Å². The molecule has 0 aliphatic heterocycles. The third kappa shape index (κ3) is 3.22. The first-order chi connectivity index (χ1) is 7.35. The Morgan fingerprint density at radius 1 is 1.50 bits per heavy atom. The molecule has 0 heterocycles. The van der Waals surface area contributed by atoms with Crippen LogP contribution in [-0.2, 0) is 0 Å². The van der Waals surface area contributed by atoms with Crippen LogP contribution in [0.2, 0.25) is 5.02 Å². The minimum absolute atomic E-state index is 0.155. The number of benzene rings is 1. The van der Waals surface area contributed by atoms with Crippen molar-refractivity contribution >= 4 is 17.5 Å². The van der Waals surface area contributed by atoms with Crippen molar-refractivity contribution in [3.8, 4) is 0 Å². The van der Waals surface area contributed by atoms with Crippen LogP contribution in [-0.4, -0.2) is 18.0 Å². The average molecular weight is 241 g/mol. The molecule has 0 aliphatic carbocycles. The van der Waals surface area contributed by atoms with Gasteiger partial charge in [0, 0.05) is 22.7 Å². The van der Waals surface area contributed by atoms with Crippen molar-refractivity contribution < 1.29 is 4.79 Å². The maximum absolute atomic E-state index is 11.9. The predicted octanol–water partition coefficient (Wildman–Crippen LogP) is 2.12. The van der Waals surface area contributed by atoms with E-state index in [1.165, 1.54) is 0 Å². The average Bonchev–Trinajstić information content (AvgIpc) is 2.21. The van der Waals surface area contributed by atoms with Gasteiger partial charge in [0.25, 0.3) is 5.91 Å². The SMILES string of the molecule is Cc1ccc(C(=O)NC(C)(C)CN)cc1Cl. The van der Waals surface area contributed by atoms with Crippen LogP contribution in [0.5, 0.6) is 0 Å². The highest BCUT2D eigenvalue weighted by atomic mass is 35.5. The van der Waals surface area contributed by atoms with Gasteiger partial charge in [-0.2, -0.15) is 0 Å². The molecule has 0 aromatic heterocycles. The molecule has 0 radical (unpaired) electrons. The lowest BCUT2D eigenvalue weighted by Crippen LogP contribution is -2.48. The van der Waals surface area contributed by atoms with E-state index in [0.29, 0.717) is 17.1 Å². The van der Waals surface area contributed by atoms with Gasteiger partial charge < -0.3 is 11.1 Å². The highest BCUT2D eigenvalue weighted by Gasteiger charge is 2.19. The van der Waals surface area contributed by atoms with Crippen molar-refractivity contribution in [2.75, 3.05) is 6.54 Å². The number of nitrogens with one attached hydrogen (secondary N) is 1. The minimum atomic E-state index is -0.408. The fraction of sp³-hybridized carbons (Fsp3) is 0.417. The highest BCUT2D eigenvalue weighted by molar-refractivity contribution is 6.31.